The van der Waals surface area contributed by atoms with Crippen LogP contribution in [0.25, 0.3) is 0 Å². The average molecular weight is 264 g/mol. The maximum Gasteiger partial charge on any atom is 0.313 e. The van der Waals surface area contributed by atoms with Gasteiger partial charge >= 0.3 is 11.9 Å². The monoisotopic (exact) mass is 264 g/mol. The summed E-state index contributed by atoms with van der Waals surface area (Å²) in [5, 5.41) is 0. The molecular formula is C14H16O5. The van der Waals surface area contributed by atoms with Gasteiger partial charge in [-0.3, -0.25) is 14.4 Å². The number of ketones is 1. The maximum atomic E-state index is 11.4. The van der Waals surface area contributed by atoms with Crippen LogP contribution in [0.3, 0.4) is 0 Å². The molecule has 102 valence electrons. The van der Waals surface area contributed by atoms with Crippen LogP contribution in [-0.4, -0.2) is 24.3 Å². The van der Waals surface area contributed by atoms with E-state index in [1.54, 1.807) is 6.92 Å². The molecule has 0 fully saturated rings. The molecule has 5 heteroatoms. The second-order valence-electron chi connectivity index (χ2n) is 3.84. The molecule has 0 amide bonds. The Labute approximate surface area is 111 Å². The quantitative estimate of drug-likeness (QED) is 0.553. The number of carbonyl (C=O) groups is 3. The maximum absolute atomic E-state index is 11.4. The van der Waals surface area contributed by atoms with Crippen LogP contribution in [0.5, 0.6) is 0 Å². The van der Waals surface area contributed by atoms with E-state index in [1.807, 2.05) is 30.3 Å². The highest BCUT2D eigenvalue weighted by Gasteiger charge is 2.15. The zero-order valence-electron chi connectivity index (χ0n) is 10.8. The minimum Gasteiger partial charge on any atom is -0.466 e. The molecule has 0 N–H and O–H groups in total. The molecule has 0 heterocycles. The second-order valence-corrected chi connectivity index (χ2v) is 3.84. The molecule has 0 radical (unpaired) electrons. The number of ether oxygens (including phenoxy) is 2. The van der Waals surface area contributed by atoms with Gasteiger partial charge in [0.15, 0.2) is 5.78 Å². The molecule has 0 aliphatic carbocycles. The van der Waals surface area contributed by atoms with Crippen LogP contribution in [-0.2, 0) is 30.5 Å². The molecule has 19 heavy (non-hydrogen) atoms. The third-order valence-electron chi connectivity index (χ3n) is 2.23. The van der Waals surface area contributed by atoms with Gasteiger partial charge in [0, 0.05) is 0 Å². The standard InChI is InChI=1S/C14H16O5/c1-2-18-13(16)8-12(15)9-14(17)19-10-11-6-4-3-5-7-11/h3-7H,2,8-10H2,1H3. The van der Waals surface area contributed by atoms with Gasteiger partial charge in [-0.25, -0.2) is 0 Å². The molecule has 0 saturated carbocycles. The summed E-state index contributed by atoms with van der Waals surface area (Å²) in [7, 11) is 0. The lowest BCUT2D eigenvalue weighted by Gasteiger charge is -2.04. The smallest absolute Gasteiger partial charge is 0.313 e. The first-order valence-electron chi connectivity index (χ1n) is 5.98. The van der Waals surface area contributed by atoms with Crippen LogP contribution < -0.4 is 0 Å². The lowest BCUT2D eigenvalue weighted by Crippen LogP contribution is -2.16. The van der Waals surface area contributed by atoms with Gasteiger partial charge in [-0.05, 0) is 12.5 Å². The first-order valence-corrected chi connectivity index (χ1v) is 5.98. The Morgan fingerprint density at radius 3 is 2.11 bits per heavy atom. The zero-order valence-corrected chi connectivity index (χ0v) is 10.8. The van der Waals surface area contributed by atoms with Crippen molar-refractivity contribution in [2.24, 2.45) is 0 Å². The molecule has 0 bridgehead atoms. The summed E-state index contributed by atoms with van der Waals surface area (Å²) in [5.41, 5.74) is 0.841. The predicted octanol–water partition coefficient (Wildman–Crippen LogP) is 1.64. The number of hydrogen-bond acceptors (Lipinski definition) is 5. The number of esters is 2. The van der Waals surface area contributed by atoms with Crippen molar-refractivity contribution in [1.29, 1.82) is 0 Å². The summed E-state index contributed by atoms with van der Waals surface area (Å²) < 4.78 is 9.54. The van der Waals surface area contributed by atoms with Crippen molar-refractivity contribution >= 4 is 17.7 Å². The van der Waals surface area contributed by atoms with Crippen LogP contribution in [0.4, 0.5) is 0 Å². The van der Waals surface area contributed by atoms with E-state index in [2.05, 4.69) is 4.74 Å². The van der Waals surface area contributed by atoms with E-state index in [9.17, 15) is 14.4 Å². The molecule has 1 rings (SSSR count). The van der Waals surface area contributed by atoms with E-state index in [1.165, 1.54) is 0 Å². The van der Waals surface area contributed by atoms with Crippen molar-refractivity contribution < 1.29 is 23.9 Å². The topological polar surface area (TPSA) is 69.7 Å². The highest BCUT2D eigenvalue weighted by atomic mass is 16.5. The molecule has 0 spiro atoms. The third kappa shape index (κ3) is 6.35. The van der Waals surface area contributed by atoms with Crippen LogP contribution >= 0.6 is 0 Å². The lowest BCUT2D eigenvalue weighted by molar-refractivity contribution is -0.149. The van der Waals surface area contributed by atoms with Gasteiger partial charge in [0.1, 0.15) is 19.4 Å². The molecular weight excluding hydrogens is 248 g/mol. The van der Waals surface area contributed by atoms with Gasteiger partial charge in [-0.2, -0.15) is 0 Å². The summed E-state index contributed by atoms with van der Waals surface area (Å²) >= 11 is 0. The number of hydrogen-bond donors (Lipinski definition) is 0. The molecule has 0 saturated heterocycles. The first kappa shape index (κ1) is 14.9. The van der Waals surface area contributed by atoms with Crippen molar-refractivity contribution in [2.75, 3.05) is 6.61 Å². The number of carbonyl (C=O) groups excluding carboxylic acids is 3. The summed E-state index contributed by atoms with van der Waals surface area (Å²) in [6, 6.07) is 9.14. The van der Waals surface area contributed by atoms with E-state index >= 15 is 0 Å². The SMILES string of the molecule is CCOC(=O)CC(=O)CC(=O)OCc1ccccc1. The van der Waals surface area contributed by atoms with Crippen LogP contribution in [0, 0.1) is 0 Å². The number of Topliss-reactive ketones (excluding diaryl/α,β-unsaturated/α-hetero) is 1. The Morgan fingerprint density at radius 2 is 1.53 bits per heavy atom. The summed E-state index contributed by atoms with van der Waals surface area (Å²) in [5.74, 6) is -1.77. The third-order valence-corrected chi connectivity index (χ3v) is 2.23. The van der Waals surface area contributed by atoms with Crippen molar-refractivity contribution in [1.82, 2.24) is 0 Å². The molecule has 0 atom stereocenters. The van der Waals surface area contributed by atoms with Gasteiger partial charge in [0.25, 0.3) is 0 Å². The molecule has 1 aromatic rings. The predicted molar refractivity (Wildman–Crippen MR) is 67.1 cm³/mol. The van der Waals surface area contributed by atoms with Crippen LogP contribution in [0.1, 0.15) is 25.3 Å². The molecule has 0 aliphatic rings. The van der Waals surface area contributed by atoms with E-state index in [4.69, 9.17) is 4.74 Å². The largest absolute Gasteiger partial charge is 0.466 e. The molecule has 5 nitrogen and oxygen atoms in total. The normalized spacial score (nSPS) is 9.74. The van der Waals surface area contributed by atoms with Crippen molar-refractivity contribution in [3.63, 3.8) is 0 Å². The number of benzene rings is 1. The van der Waals surface area contributed by atoms with Crippen molar-refractivity contribution in [3.8, 4) is 0 Å². The Hall–Kier alpha value is -2.17. The van der Waals surface area contributed by atoms with E-state index in [-0.39, 0.29) is 13.2 Å². The van der Waals surface area contributed by atoms with E-state index in [0.717, 1.165) is 5.56 Å². The van der Waals surface area contributed by atoms with E-state index < -0.39 is 30.6 Å². The molecule has 0 aliphatic heterocycles. The lowest BCUT2D eigenvalue weighted by atomic mass is 10.2. The Bertz CT molecular complexity index is 438. The van der Waals surface area contributed by atoms with Gasteiger partial charge in [0.2, 0.25) is 0 Å². The minimum absolute atomic E-state index is 0.117. The van der Waals surface area contributed by atoms with Crippen molar-refractivity contribution in [3.05, 3.63) is 35.9 Å². The highest BCUT2D eigenvalue weighted by Crippen LogP contribution is 2.03. The Balaban J connectivity index is 2.27. The van der Waals surface area contributed by atoms with E-state index in [0.29, 0.717) is 0 Å². The van der Waals surface area contributed by atoms with Crippen LogP contribution in [0.2, 0.25) is 0 Å². The fourth-order valence-corrected chi connectivity index (χ4v) is 1.39. The first-order chi connectivity index (χ1) is 9.11. The fraction of sp³-hybridized carbons (Fsp3) is 0.357. The summed E-state index contributed by atoms with van der Waals surface area (Å²) in [4.78, 5) is 33.7. The van der Waals surface area contributed by atoms with Crippen LogP contribution in [0.15, 0.2) is 30.3 Å². The average Bonchev–Trinajstić information content (AvgIpc) is 2.37. The zero-order chi connectivity index (χ0) is 14.1. The minimum atomic E-state index is -0.641. The Morgan fingerprint density at radius 1 is 0.947 bits per heavy atom. The molecule has 0 unspecified atom stereocenters. The van der Waals surface area contributed by atoms with Gasteiger partial charge in [0.05, 0.1) is 6.61 Å². The second kappa shape index (κ2) is 8.02. The summed E-state index contributed by atoms with van der Waals surface area (Å²) in [6.07, 6.45) is -0.806. The number of rotatable bonds is 7. The highest BCUT2D eigenvalue weighted by molar-refractivity contribution is 6.03. The fourth-order valence-electron chi connectivity index (χ4n) is 1.39. The van der Waals surface area contributed by atoms with Gasteiger partial charge in [-0.1, -0.05) is 30.3 Å². The van der Waals surface area contributed by atoms with Crippen molar-refractivity contribution in [2.45, 2.75) is 26.4 Å². The van der Waals surface area contributed by atoms with Gasteiger partial charge in [-0.15, -0.1) is 0 Å². The molecule has 1 aromatic carbocycles. The Kier molecular flexibility index (Phi) is 6.29. The summed E-state index contributed by atoms with van der Waals surface area (Å²) in [6.45, 7) is 1.98. The molecule has 0 aromatic heterocycles. The van der Waals surface area contributed by atoms with Gasteiger partial charge < -0.3 is 9.47 Å².